The predicted molar refractivity (Wildman–Crippen MR) is 226 cm³/mol. The molecule has 0 spiro atoms. The fourth-order valence-electron chi connectivity index (χ4n) is 8.15. The maximum absolute atomic E-state index is 15.0. The van der Waals surface area contributed by atoms with Gasteiger partial charge in [-0.3, -0.25) is 19.1 Å². The summed E-state index contributed by atoms with van der Waals surface area (Å²) in [7, 11) is -1.04. The minimum absolute atomic E-state index is 0.0170. The van der Waals surface area contributed by atoms with Crippen LogP contribution in [-0.4, -0.2) is 90.0 Å². The Morgan fingerprint density at radius 3 is 2.46 bits per heavy atom. The third-order valence-corrected chi connectivity index (χ3v) is 14.6. The Labute approximate surface area is 356 Å². The molecule has 4 heterocycles. The summed E-state index contributed by atoms with van der Waals surface area (Å²) in [6, 6.07) is 13.6. The second kappa shape index (κ2) is 16.0. The molecule has 0 bridgehead atoms. The number of hydrogen-bond donors (Lipinski definition) is 1. The van der Waals surface area contributed by atoms with Crippen molar-refractivity contribution in [2.75, 3.05) is 20.8 Å². The van der Waals surface area contributed by atoms with Gasteiger partial charge in [0.15, 0.2) is 17.3 Å². The number of ether oxygens (including phenoxy) is 3. The molecular formula is C44H47N5O10S2. The zero-order valence-corrected chi connectivity index (χ0v) is 36.1. The molecular weight excluding hydrogens is 823 g/mol. The summed E-state index contributed by atoms with van der Waals surface area (Å²) in [4.78, 5) is 71.4. The number of para-hydroxylation sites is 1. The van der Waals surface area contributed by atoms with Crippen molar-refractivity contribution in [1.82, 2.24) is 24.6 Å². The molecule has 8 rings (SSSR count). The van der Waals surface area contributed by atoms with Gasteiger partial charge in [-0.1, -0.05) is 39.0 Å². The van der Waals surface area contributed by atoms with E-state index >= 15 is 4.79 Å². The summed E-state index contributed by atoms with van der Waals surface area (Å²) in [5.41, 5.74) is 0.239. The third-order valence-electron chi connectivity index (χ3n) is 12.0. The highest BCUT2D eigenvalue weighted by atomic mass is 32.2. The van der Waals surface area contributed by atoms with Gasteiger partial charge in [0.1, 0.15) is 23.0 Å². The number of amides is 2. The van der Waals surface area contributed by atoms with E-state index in [4.69, 9.17) is 28.6 Å². The molecule has 1 N–H and O–H groups in total. The number of ketones is 1. The van der Waals surface area contributed by atoms with E-state index in [1.54, 1.807) is 30.7 Å². The molecule has 0 radical (unpaired) electrons. The number of sulfonamides is 1. The lowest BCUT2D eigenvalue weighted by Gasteiger charge is -2.35. The SMILES string of the molecule is C=C[C@@H]1C[C@]1(CC(=O)[C@@H]1C[C@@H](Oc2nc(-c3ccc(OC)cc3)nc3c2oc2ccccc23)CN1C(=O)[C@@H](Cc1nc(C(=O)OC)cs1)C(C)(C)C)C(=O)NS(=O)(=O)C1CC1. The van der Waals surface area contributed by atoms with Crippen LogP contribution >= 0.6 is 11.3 Å². The molecule has 320 valence electrons. The normalized spacial score (nSPS) is 21.9. The zero-order valence-electron chi connectivity index (χ0n) is 34.5. The molecule has 2 amide bonds. The number of Topliss-reactive ketones (excluding diaryl/α,β-unsaturated/α-hetero) is 1. The molecule has 5 atom stereocenters. The number of methoxy groups -OCH3 is 2. The van der Waals surface area contributed by atoms with Gasteiger partial charge in [0, 0.05) is 41.5 Å². The van der Waals surface area contributed by atoms with Crippen molar-refractivity contribution in [3.05, 3.63) is 77.3 Å². The molecule has 0 unspecified atom stereocenters. The first-order valence-electron chi connectivity index (χ1n) is 20.1. The fourth-order valence-corrected chi connectivity index (χ4v) is 10.3. The first-order chi connectivity index (χ1) is 29.0. The maximum Gasteiger partial charge on any atom is 0.357 e. The molecule has 3 aliphatic rings. The molecule has 2 aliphatic carbocycles. The van der Waals surface area contributed by atoms with Crippen LogP contribution in [0.15, 0.2) is 71.0 Å². The Kier molecular flexibility index (Phi) is 11.0. The molecule has 2 aromatic carbocycles. The topological polar surface area (TPSA) is 197 Å². The van der Waals surface area contributed by atoms with Crippen LogP contribution < -0.4 is 14.2 Å². The second-order valence-electron chi connectivity index (χ2n) is 17.1. The van der Waals surface area contributed by atoms with Crippen LogP contribution in [0, 0.1) is 22.7 Å². The smallest absolute Gasteiger partial charge is 0.357 e. The summed E-state index contributed by atoms with van der Waals surface area (Å²) in [6.45, 7) is 9.59. The standard InChI is InChI=1S/C44H47N5O10S2/c1-7-25-20-44(25,42(53)48-61(54,55)28-16-17-28)21-33(50)32-18-27(22-49(32)40(51)30(43(2,3)4)19-35-45-31(23-60-35)41(52)57-6)58-39-37-36(29-10-8-9-11-34(29)59-37)46-38(47-39)24-12-14-26(56-5)15-13-24/h7-15,23,25,27-28,30,32H,1,16-22H2,2-6H3,(H,48,53)/t25-,27-,30-,32+,44-/m1/s1. The average molecular weight is 870 g/mol. The number of nitrogens with zero attached hydrogens (tertiary/aromatic N) is 4. The van der Waals surface area contributed by atoms with E-state index in [1.807, 2.05) is 57.2 Å². The number of allylic oxidation sites excluding steroid dienone is 1. The maximum atomic E-state index is 15.0. The molecule has 2 saturated carbocycles. The third kappa shape index (κ3) is 8.24. The van der Waals surface area contributed by atoms with Gasteiger partial charge < -0.3 is 23.5 Å². The lowest BCUT2D eigenvalue weighted by molar-refractivity contribution is -0.144. The highest BCUT2D eigenvalue weighted by Crippen LogP contribution is 2.57. The van der Waals surface area contributed by atoms with Crippen LogP contribution in [0.3, 0.4) is 0 Å². The number of hydrogen-bond acceptors (Lipinski definition) is 14. The molecule has 1 saturated heterocycles. The van der Waals surface area contributed by atoms with Gasteiger partial charge in [-0.25, -0.2) is 23.2 Å². The van der Waals surface area contributed by atoms with Crippen molar-refractivity contribution in [1.29, 1.82) is 0 Å². The highest BCUT2D eigenvalue weighted by Gasteiger charge is 2.61. The zero-order chi connectivity index (χ0) is 43.4. The fraction of sp³-hybridized carbons (Fsp3) is 0.432. The number of carbonyl (C=O) groups excluding carboxylic acids is 4. The van der Waals surface area contributed by atoms with Crippen LogP contribution in [0.25, 0.3) is 33.5 Å². The van der Waals surface area contributed by atoms with Crippen molar-refractivity contribution < 1.29 is 46.2 Å². The van der Waals surface area contributed by atoms with Crippen LogP contribution in [0.4, 0.5) is 0 Å². The lowest BCUT2D eigenvalue weighted by atomic mass is 9.77. The number of fused-ring (bicyclic) bond motifs is 3. The van der Waals surface area contributed by atoms with E-state index in [0.29, 0.717) is 51.7 Å². The summed E-state index contributed by atoms with van der Waals surface area (Å²) in [5, 5.41) is 2.24. The number of aromatic nitrogens is 3. The van der Waals surface area contributed by atoms with Gasteiger partial charge in [-0.2, -0.15) is 4.98 Å². The number of furan rings is 1. The van der Waals surface area contributed by atoms with Crippen molar-refractivity contribution in [3.63, 3.8) is 0 Å². The average Bonchev–Trinajstić information content (AvgIpc) is 4.07. The number of rotatable bonds is 15. The number of carbonyl (C=O) groups is 4. The Morgan fingerprint density at radius 1 is 1.07 bits per heavy atom. The van der Waals surface area contributed by atoms with E-state index in [-0.39, 0.29) is 49.7 Å². The van der Waals surface area contributed by atoms with Crippen LogP contribution in [0.2, 0.25) is 0 Å². The molecule has 1 aliphatic heterocycles. The number of esters is 1. The summed E-state index contributed by atoms with van der Waals surface area (Å²) in [6.07, 6.45) is 1.89. The van der Waals surface area contributed by atoms with Crippen molar-refractivity contribution in [2.24, 2.45) is 22.7 Å². The van der Waals surface area contributed by atoms with Gasteiger partial charge >= 0.3 is 5.97 Å². The summed E-state index contributed by atoms with van der Waals surface area (Å²) < 4.78 is 51.2. The molecule has 15 nitrogen and oxygen atoms in total. The van der Waals surface area contributed by atoms with E-state index in [1.165, 1.54) is 23.3 Å². The molecule has 5 aromatic rings. The number of likely N-dealkylation sites (tertiary alicyclic amines) is 1. The molecule has 61 heavy (non-hydrogen) atoms. The van der Waals surface area contributed by atoms with E-state index < -0.39 is 67.7 Å². The van der Waals surface area contributed by atoms with Crippen molar-refractivity contribution in [3.8, 4) is 23.0 Å². The monoisotopic (exact) mass is 869 g/mol. The Bertz CT molecular complexity index is 2670. The Hall–Kier alpha value is -5.68. The van der Waals surface area contributed by atoms with Gasteiger partial charge in [0.05, 0.1) is 42.5 Å². The lowest BCUT2D eigenvalue weighted by Crippen LogP contribution is -2.48. The van der Waals surface area contributed by atoms with E-state index in [9.17, 15) is 22.8 Å². The second-order valence-corrected chi connectivity index (χ2v) is 20.0. The van der Waals surface area contributed by atoms with Crippen LogP contribution in [0.1, 0.15) is 68.4 Å². The first-order valence-corrected chi connectivity index (χ1v) is 22.5. The molecule has 3 aromatic heterocycles. The van der Waals surface area contributed by atoms with Crippen LogP contribution in [-0.2, 0) is 35.6 Å². The highest BCUT2D eigenvalue weighted by molar-refractivity contribution is 7.90. The largest absolute Gasteiger partial charge is 0.497 e. The number of benzene rings is 2. The Morgan fingerprint density at radius 2 is 1.80 bits per heavy atom. The van der Waals surface area contributed by atoms with Crippen LogP contribution in [0.5, 0.6) is 11.6 Å². The quantitative estimate of drug-likeness (QED) is 0.0909. The van der Waals surface area contributed by atoms with Gasteiger partial charge in [-0.05, 0) is 67.0 Å². The molecule has 3 fully saturated rings. The van der Waals surface area contributed by atoms with Gasteiger partial charge in [-0.15, -0.1) is 17.9 Å². The summed E-state index contributed by atoms with van der Waals surface area (Å²) in [5.74, 6) is -2.08. The summed E-state index contributed by atoms with van der Waals surface area (Å²) >= 11 is 1.24. The Balaban J connectivity index is 1.15. The molecule has 17 heteroatoms. The first kappa shape index (κ1) is 42.0. The van der Waals surface area contributed by atoms with Crippen molar-refractivity contribution >= 4 is 67.0 Å². The minimum Gasteiger partial charge on any atom is -0.497 e. The van der Waals surface area contributed by atoms with Crippen molar-refractivity contribution in [2.45, 2.75) is 76.7 Å². The minimum atomic E-state index is -3.89. The predicted octanol–water partition coefficient (Wildman–Crippen LogP) is 6.31. The van der Waals surface area contributed by atoms with Gasteiger partial charge in [0.2, 0.25) is 27.4 Å². The van der Waals surface area contributed by atoms with Gasteiger partial charge in [0.25, 0.3) is 5.88 Å². The van der Waals surface area contributed by atoms with E-state index in [2.05, 4.69) is 16.3 Å². The number of thiazole rings is 1. The number of nitrogens with one attached hydrogen (secondary N) is 1. The van der Waals surface area contributed by atoms with E-state index in [0.717, 1.165) is 5.39 Å².